The lowest BCUT2D eigenvalue weighted by Crippen LogP contribution is -1.88. The maximum absolute atomic E-state index is 5.03. The van der Waals surface area contributed by atoms with Crippen LogP contribution in [0, 0.1) is 0 Å². The molecule has 1 aromatic heterocycles. The predicted octanol–water partition coefficient (Wildman–Crippen LogP) is 2.43. The molecule has 14 heavy (non-hydrogen) atoms. The van der Waals surface area contributed by atoms with Crippen LogP contribution >= 0.6 is 11.8 Å². The van der Waals surface area contributed by atoms with Gasteiger partial charge in [0.1, 0.15) is 17.9 Å². The molecule has 0 aliphatic heterocycles. The normalized spacial score (nSPS) is 11.0. The number of aromatic nitrogens is 2. The molecule has 4 heteroatoms. The largest absolute Gasteiger partial charge is 0.377 e. The number of rotatable bonds is 3. The van der Waals surface area contributed by atoms with E-state index in [4.69, 9.17) is 4.74 Å². The van der Waals surface area contributed by atoms with Gasteiger partial charge in [-0.25, -0.2) is 4.98 Å². The van der Waals surface area contributed by atoms with Crippen molar-refractivity contribution in [3.63, 3.8) is 0 Å². The molecule has 1 aromatic carbocycles. The Morgan fingerprint density at radius 1 is 1.50 bits per heavy atom. The summed E-state index contributed by atoms with van der Waals surface area (Å²) in [5.74, 6) is 0.879. The Morgan fingerprint density at radius 2 is 2.36 bits per heavy atom. The van der Waals surface area contributed by atoms with Crippen LogP contribution in [0.3, 0.4) is 0 Å². The molecule has 0 atom stereocenters. The first-order valence-corrected chi connectivity index (χ1v) is 5.58. The van der Waals surface area contributed by atoms with Gasteiger partial charge in [-0.05, 0) is 18.4 Å². The predicted molar refractivity (Wildman–Crippen MR) is 58.6 cm³/mol. The van der Waals surface area contributed by atoms with Gasteiger partial charge in [0.25, 0.3) is 0 Å². The molecule has 0 unspecified atom stereocenters. The van der Waals surface area contributed by atoms with Gasteiger partial charge in [-0.3, -0.25) is 0 Å². The van der Waals surface area contributed by atoms with Crippen LogP contribution in [-0.2, 0) is 11.3 Å². The molecule has 74 valence electrons. The Bertz CT molecular complexity index is 439. The van der Waals surface area contributed by atoms with E-state index in [1.54, 1.807) is 18.9 Å². The summed E-state index contributed by atoms with van der Waals surface area (Å²) < 4.78 is 5.03. The van der Waals surface area contributed by atoms with Crippen LogP contribution < -0.4 is 0 Å². The summed E-state index contributed by atoms with van der Waals surface area (Å²) in [5.41, 5.74) is 2.11. The second kappa shape index (κ2) is 4.02. The summed E-state index contributed by atoms with van der Waals surface area (Å²) >= 11 is 1.71. The minimum Gasteiger partial charge on any atom is -0.377 e. The molecule has 0 spiro atoms. The zero-order valence-corrected chi connectivity index (χ0v) is 9.02. The monoisotopic (exact) mass is 208 g/mol. The van der Waals surface area contributed by atoms with Crippen molar-refractivity contribution in [1.82, 2.24) is 9.97 Å². The third-order valence-corrected chi connectivity index (χ3v) is 2.79. The van der Waals surface area contributed by atoms with Gasteiger partial charge in [0.2, 0.25) is 0 Å². The number of ether oxygens (including phenoxy) is 1. The molecule has 0 bridgehead atoms. The lowest BCUT2D eigenvalue weighted by atomic mass is 10.3. The standard InChI is InChI=1S/C10H12N2OS/c1-13-6-9-11-7-4-3-5-8(14-2)10(7)12-9/h3-5H,6H2,1-2H3,(H,11,12). The number of thioether (sulfide) groups is 1. The van der Waals surface area contributed by atoms with Gasteiger partial charge >= 0.3 is 0 Å². The molecule has 0 saturated heterocycles. The van der Waals surface area contributed by atoms with Crippen LogP contribution in [0.25, 0.3) is 11.0 Å². The number of benzene rings is 1. The second-order valence-electron chi connectivity index (χ2n) is 2.97. The van der Waals surface area contributed by atoms with Gasteiger partial charge in [-0.15, -0.1) is 11.8 Å². The molecule has 2 rings (SSSR count). The van der Waals surface area contributed by atoms with Crippen molar-refractivity contribution in [2.24, 2.45) is 0 Å². The summed E-state index contributed by atoms with van der Waals surface area (Å²) in [6.07, 6.45) is 2.06. The van der Waals surface area contributed by atoms with E-state index >= 15 is 0 Å². The summed E-state index contributed by atoms with van der Waals surface area (Å²) in [5, 5.41) is 0. The highest BCUT2D eigenvalue weighted by molar-refractivity contribution is 7.98. The topological polar surface area (TPSA) is 37.9 Å². The van der Waals surface area contributed by atoms with Crippen molar-refractivity contribution in [3.05, 3.63) is 24.0 Å². The van der Waals surface area contributed by atoms with Crippen LogP contribution in [0.2, 0.25) is 0 Å². The molecule has 0 aliphatic carbocycles. The zero-order valence-electron chi connectivity index (χ0n) is 8.20. The van der Waals surface area contributed by atoms with Crippen LogP contribution in [-0.4, -0.2) is 23.3 Å². The fourth-order valence-electron chi connectivity index (χ4n) is 1.43. The molecule has 3 nitrogen and oxygen atoms in total. The number of fused-ring (bicyclic) bond motifs is 1. The van der Waals surface area contributed by atoms with Crippen molar-refractivity contribution < 1.29 is 4.74 Å². The van der Waals surface area contributed by atoms with Gasteiger partial charge in [-0.2, -0.15) is 0 Å². The minimum atomic E-state index is 0.530. The van der Waals surface area contributed by atoms with Gasteiger partial charge in [0, 0.05) is 12.0 Å². The summed E-state index contributed by atoms with van der Waals surface area (Å²) in [4.78, 5) is 8.89. The van der Waals surface area contributed by atoms with Crippen molar-refractivity contribution in [2.75, 3.05) is 13.4 Å². The van der Waals surface area contributed by atoms with Crippen LogP contribution in [0.1, 0.15) is 5.82 Å². The van der Waals surface area contributed by atoms with E-state index in [2.05, 4.69) is 22.3 Å². The van der Waals surface area contributed by atoms with E-state index in [0.29, 0.717) is 6.61 Å². The number of H-pyrrole nitrogens is 1. The molecule has 2 aromatic rings. The maximum atomic E-state index is 5.03. The molecule has 0 amide bonds. The third kappa shape index (κ3) is 1.63. The maximum Gasteiger partial charge on any atom is 0.133 e. The van der Waals surface area contributed by atoms with Crippen molar-refractivity contribution in [2.45, 2.75) is 11.5 Å². The SMILES string of the molecule is COCc1nc2c(SC)cccc2[nH]1. The van der Waals surface area contributed by atoms with Gasteiger partial charge in [-0.1, -0.05) is 6.07 Å². The fraction of sp³-hybridized carbons (Fsp3) is 0.300. The van der Waals surface area contributed by atoms with E-state index in [-0.39, 0.29) is 0 Å². The van der Waals surface area contributed by atoms with Crippen LogP contribution in [0.15, 0.2) is 23.1 Å². The second-order valence-corrected chi connectivity index (χ2v) is 3.82. The number of aromatic amines is 1. The average molecular weight is 208 g/mol. The Hall–Kier alpha value is -1.00. The summed E-state index contributed by atoms with van der Waals surface area (Å²) in [6, 6.07) is 6.13. The first-order chi connectivity index (χ1) is 6.85. The Labute approximate surface area is 86.9 Å². The van der Waals surface area contributed by atoms with Gasteiger partial charge < -0.3 is 9.72 Å². The van der Waals surface area contributed by atoms with Crippen LogP contribution in [0.4, 0.5) is 0 Å². The Kier molecular flexibility index (Phi) is 2.74. The molecular weight excluding hydrogens is 196 g/mol. The van der Waals surface area contributed by atoms with Crippen molar-refractivity contribution >= 4 is 22.8 Å². The molecule has 0 fully saturated rings. The van der Waals surface area contributed by atoms with Crippen molar-refractivity contribution in [1.29, 1.82) is 0 Å². The molecule has 1 N–H and O–H groups in total. The fourth-order valence-corrected chi connectivity index (χ4v) is 1.99. The molecule has 0 radical (unpaired) electrons. The van der Waals surface area contributed by atoms with E-state index < -0.39 is 0 Å². The van der Waals surface area contributed by atoms with E-state index in [0.717, 1.165) is 16.9 Å². The van der Waals surface area contributed by atoms with E-state index in [1.807, 2.05) is 12.1 Å². The number of nitrogens with one attached hydrogen (secondary N) is 1. The van der Waals surface area contributed by atoms with Gasteiger partial charge in [0.15, 0.2) is 0 Å². The number of hydrogen-bond donors (Lipinski definition) is 1. The highest BCUT2D eigenvalue weighted by Crippen LogP contribution is 2.24. The summed E-state index contributed by atoms with van der Waals surface area (Å²) in [6.45, 7) is 0.530. The van der Waals surface area contributed by atoms with Crippen molar-refractivity contribution in [3.8, 4) is 0 Å². The highest BCUT2D eigenvalue weighted by atomic mass is 32.2. The number of hydrogen-bond acceptors (Lipinski definition) is 3. The number of nitrogens with zero attached hydrogens (tertiary/aromatic N) is 1. The quantitative estimate of drug-likeness (QED) is 0.787. The molecule has 1 heterocycles. The Balaban J connectivity index is 2.52. The average Bonchev–Trinajstić information content (AvgIpc) is 2.60. The van der Waals surface area contributed by atoms with E-state index in [9.17, 15) is 0 Å². The Morgan fingerprint density at radius 3 is 3.07 bits per heavy atom. The third-order valence-electron chi connectivity index (χ3n) is 2.03. The zero-order chi connectivity index (χ0) is 9.97. The molecule has 0 aliphatic rings. The molecule has 0 saturated carbocycles. The van der Waals surface area contributed by atoms with E-state index in [1.165, 1.54) is 4.90 Å². The lowest BCUT2D eigenvalue weighted by Gasteiger charge is -1.94. The minimum absolute atomic E-state index is 0.530. The first kappa shape index (κ1) is 9.55. The smallest absolute Gasteiger partial charge is 0.133 e. The number of methoxy groups -OCH3 is 1. The number of para-hydroxylation sites is 1. The van der Waals surface area contributed by atoms with Gasteiger partial charge in [0.05, 0.1) is 5.52 Å². The van der Waals surface area contributed by atoms with Crippen LogP contribution in [0.5, 0.6) is 0 Å². The highest BCUT2D eigenvalue weighted by Gasteiger charge is 2.05. The number of imidazole rings is 1. The lowest BCUT2D eigenvalue weighted by molar-refractivity contribution is 0.179. The first-order valence-electron chi connectivity index (χ1n) is 4.35. The molecular formula is C10H12N2OS. The summed E-state index contributed by atoms with van der Waals surface area (Å²) in [7, 11) is 1.67.